The molecule has 1 fully saturated rings. The number of aryl methyl sites for hydroxylation is 2. The van der Waals surface area contributed by atoms with Crippen LogP contribution in [0.15, 0.2) is 82.1 Å². The number of benzene rings is 3. The van der Waals surface area contributed by atoms with Crippen LogP contribution in [-0.4, -0.2) is 24.3 Å². The third kappa shape index (κ3) is 4.31. The van der Waals surface area contributed by atoms with Crippen LogP contribution in [0, 0.1) is 6.92 Å². The van der Waals surface area contributed by atoms with Crippen LogP contribution >= 0.6 is 11.3 Å². The standard InChI is InChI=1S/C34H33N3O2S/c1-3-39-27-15-11-24(12-16-27)32-29-17-13-23-8-4-5-9-28(23)31(29)35-34-37(32)33(38)30(40-34)21-25-10-14-26(20-22(25)2)36-18-6-7-19-36/h4-5,8-12,14-16,20-21,32H,3,6-7,13,17-19H2,1-2H3. The van der Waals surface area contributed by atoms with Gasteiger partial charge in [0.15, 0.2) is 4.80 Å². The second-order valence-corrected chi connectivity index (χ2v) is 11.9. The van der Waals surface area contributed by atoms with Gasteiger partial charge in [0.25, 0.3) is 5.56 Å². The van der Waals surface area contributed by atoms with Gasteiger partial charge in [-0.05, 0) is 97.7 Å². The van der Waals surface area contributed by atoms with Gasteiger partial charge in [0.2, 0.25) is 0 Å². The number of ether oxygens (including phenoxy) is 1. The van der Waals surface area contributed by atoms with Gasteiger partial charge >= 0.3 is 0 Å². The minimum atomic E-state index is -0.184. The van der Waals surface area contributed by atoms with E-state index in [2.05, 4.69) is 72.5 Å². The quantitative estimate of drug-likeness (QED) is 0.326. The van der Waals surface area contributed by atoms with E-state index in [9.17, 15) is 4.79 Å². The van der Waals surface area contributed by atoms with E-state index in [1.807, 2.05) is 23.6 Å². The number of fused-ring (bicyclic) bond motifs is 3. The van der Waals surface area contributed by atoms with Crippen molar-refractivity contribution in [2.75, 3.05) is 24.6 Å². The fraction of sp³-hybridized carbons (Fsp3) is 0.294. The molecule has 0 amide bonds. The molecule has 2 aliphatic heterocycles. The number of rotatable bonds is 5. The molecule has 1 atom stereocenters. The number of thiazole rings is 1. The Bertz CT molecular complexity index is 1810. The van der Waals surface area contributed by atoms with Crippen LogP contribution in [0.1, 0.15) is 60.0 Å². The second kappa shape index (κ2) is 10.3. The van der Waals surface area contributed by atoms with Crippen LogP contribution in [0.2, 0.25) is 0 Å². The van der Waals surface area contributed by atoms with Crippen LogP contribution in [-0.2, 0) is 6.42 Å². The molecule has 1 aromatic heterocycles. The lowest BCUT2D eigenvalue weighted by molar-refractivity contribution is 0.340. The number of allylic oxidation sites excluding steroid dienone is 1. The van der Waals surface area contributed by atoms with E-state index in [1.54, 1.807) is 0 Å². The number of nitrogens with zero attached hydrogens (tertiary/aromatic N) is 3. The predicted octanol–water partition coefficient (Wildman–Crippen LogP) is 5.63. The molecular weight excluding hydrogens is 514 g/mol. The topological polar surface area (TPSA) is 46.8 Å². The highest BCUT2D eigenvalue weighted by Crippen LogP contribution is 2.41. The van der Waals surface area contributed by atoms with Gasteiger partial charge in [-0.3, -0.25) is 9.36 Å². The van der Waals surface area contributed by atoms with E-state index in [0.717, 1.165) is 57.8 Å². The highest BCUT2D eigenvalue weighted by molar-refractivity contribution is 7.07. The van der Waals surface area contributed by atoms with Crippen molar-refractivity contribution in [3.8, 4) is 5.75 Å². The normalized spacial score (nSPS) is 18.3. The Morgan fingerprint density at radius 1 is 1.02 bits per heavy atom. The fourth-order valence-corrected chi connectivity index (χ4v) is 7.36. The average Bonchev–Trinajstić information content (AvgIpc) is 3.62. The summed E-state index contributed by atoms with van der Waals surface area (Å²) < 4.78 is 8.36. The van der Waals surface area contributed by atoms with Crippen molar-refractivity contribution in [2.24, 2.45) is 4.99 Å². The van der Waals surface area contributed by atoms with E-state index < -0.39 is 0 Å². The summed E-state index contributed by atoms with van der Waals surface area (Å²) in [6.45, 7) is 7.00. The summed E-state index contributed by atoms with van der Waals surface area (Å²) in [7, 11) is 0. The smallest absolute Gasteiger partial charge is 0.271 e. The summed E-state index contributed by atoms with van der Waals surface area (Å²) in [6.07, 6.45) is 6.40. The fourth-order valence-electron chi connectivity index (χ4n) is 6.37. The molecule has 0 bridgehead atoms. The molecule has 0 radical (unpaired) electrons. The Labute approximate surface area is 238 Å². The maximum absolute atomic E-state index is 14.1. The first-order valence-corrected chi connectivity index (χ1v) is 15.1. The first-order chi connectivity index (χ1) is 19.6. The highest BCUT2D eigenvalue weighted by Gasteiger charge is 2.32. The summed E-state index contributed by atoms with van der Waals surface area (Å²) >= 11 is 1.49. The average molecular weight is 548 g/mol. The monoisotopic (exact) mass is 547 g/mol. The van der Waals surface area contributed by atoms with E-state index >= 15 is 0 Å². The SMILES string of the molecule is CCOc1ccc(C2C3=C(N=c4sc(=Cc5ccc(N6CCCC6)cc5C)c(=O)n42)c2ccccc2CC3)cc1. The molecule has 1 saturated heterocycles. The third-order valence-corrected chi connectivity index (χ3v) is 9.37. The van der Waals surface area contributed by atoms with Crippen LogP contribution in [0.3, 0.4) is 0 Å². The Morgan fingerprint density at radius 2 is 1.82 bits per heavy atom. The van der Waals surface area contributed by atoms with Gasteiger partial charge in [-0.2, -0.15) is 0 Å². The molecule has 202 valence electrons. The molecule has 1 unspecified atom stereocenters. The maximum Gasteiger partial charge on any atom is 0.271 e. The van der Waals surface area contributed by atoms with Crippen LogP contribution in [0.4, 0.5) is 5.69 Å². The minimum Gasteiger partial charge on any atom is -0.494 e. The molecule has 7 rings (SSSR count). The van der Waals surface area contributed by atoms with Crippen molar-refractivity contribution < 1.29 is 4.74 Å². The highest BCUT2D eigenvalue weighted by atomic mass is 32.1. The van der Waals surface area contributed by atoms with Gasteiger partial charge in [-0.25, -0.2) is 4.99 Å². The number of aromatic nitrogens is 1. The zero-order chi connectivity index (χ0) is 27.2. The summed E-state index contributed by atoms with van der Waals surface area (Å²) in [5.41, 5.74) is 9.41. The Balaban J connectivity index is 1.38. The van der Waals surface area contributed by atoms with E-state index in [4.69, 9.17) is 9.73 Å². The lowest BCUT2D eigenvalue weighted by Crippen LogP contribution is -2.38. The largest absolute Gasteiger partial charge is 0.494 e. The molecule has 3 aromatic carbocycles. The number of hydrogen-bond acceptors (Lipinski definition) is 5. The number of hydrogen-bond donors (Lipinski definition) is 0. The second-order valence-electron chi connectivity index (χ2n) is 10.9. The van der Waals surface area contributed by atoms with Crippen molar-refractivity contribution in [2.45, 2.75) is 45.6 Å². The van der Waals surface area contributed by atoms with Gasteiger partial charge in [0.05, 0.1) is 22.9 Å². The van der Waals surface area contributed by atoms with Crippen molar-refractivity contribution in [3.05, 3.63) is 120 Å². The molecule has 3 aliphatic rings. The van der Waals surface area contributed by atoms with Gasteiger partial charge in [-0.15, -0.1) is 0 Å². The first kappa shape index (κ1) is 25.1. The van der Waals surface area contributed by atoms with Crippen molar-refractivity contribution in [1.82, 2.24) is 4.57 Å². The third-order valence-electron chi connectivity index (χ3n) is 8.39. The predicted molar refractivity (Wildman–Crippen MR) is 163 cm³/mol. The molecule has 0 N–H and O–H groups in total. The molecule has 5 nitrogen and oxygen atoms in total. The summed E-state index contributed by atoms with van der Waals surface area (Å²) in [5, 5.41) is 0. The molecule has 4 aromatic rings. The van der Waals surface area contributed by atoms with Gasteiger partial charge in [0, 0.05) is 24.3 Å². The maximum atomic E-state index is 14.1. The number of anilines is 1. The van der Waals surface area contributed by atoms with Crippen LogP contribution in [0.5, 0.6) is 5.75 Å². The summed E-state index contributed by atoms with van der Waals surface area (Å²) in [4.78, 5) is 22.5. The van der Waals surface area contributed by atoms with Crippen molar-refractivity contribution in [3.63, 3.8) is 0 Å². The van der Waals surface area contributed by atoms with E-state index in [-0.39, 0.29) is 11.6 Å². The van der Waals surface area contributed by atoms with E-state index in [1.165, 1.54) is 52.1 Å². The van der Waals surface area contributed by atoms with Crippen LogP contribution in [0.25, 0.3) is 11.8 Å². The molecule has 6 heteroatoms. The van der Waals surface area contributed by atoms with Crippen LogP contribution < -0.4 is 24.5 Å². The Kier molecular flexibility index (Phi) is 6.43. The molecule has 1 aliphatic carbocycles. The lowest BCUT2D eigenvalue weighted by Gasteiger charge is -2.30. The summed E-state index contributed by atoms with van der Waals surface area (Å²) in [6, 6.07) is 23.2. The summed E-state index contributed by atoms with van der Waals surface area (Å²) in [5.74, 6) is 0.842. The molecule has 3 heterocycles. The van der Waals surface area contributed by atoms with Crippen molar-refractivity contribution >= 4 is 28.8 Å². The first-order valence-electron chi connectivity index (χ1n) is 14.3. The van der Waals surface area contributed by atoms with Gasteiger partial charge in [0.1, 0.15) is 5.75 Å². The zero-order valence-electron chi connectivity index (χ0n) is 23.0. The van der Waals surface area contributed by atoms with Crippen molar-refractivity contribution in [1.29, 1.82) is 0 Å². The molecular formula is C34H33N3O2S. The Morgan fingerprint density at radius 3 is 2.60 bits per heavy atom. The lowest BCUT2D eigenvalue weighted by atomic mass is 9.83. The molecule has 0 spiro atoms. The van der Waals surface area contributed by atoms with Gasteiger partial charge in [-0.1, -0.05) is 53.8 Å². The zero-order valence-corrected chi connectivity index (χ0v) is 23.8. The Hall–Kier alpha value is -3.90. The molecule has 40 heavy (non-hydrogen) atoms. The molecule has 0 saturated carbocycles. The van der Waals surface area contributed by atoms with E-state index in [0.29, 0.717) is 6.61 Å². The minimum absolute atomic E-state index is 0.0241. The van der Waals surface area contributed by atoms with Gasteiger partial charge < -0.3 is 9.64 Å².